The fourth-order valence-electron chi connectivity index (χ4n) is 1.99. The van der Waals surface area contributed by atoms with Gasteiger partial charge in [-0.15, -0.1) is 0 Å². The van der Waals surface area contributed by atoms with Gasteiger partial charge in [0.05, 0.1) is 12.6 Å². The molecule has 0 aliphatic carbocycles. The van der Waals surface area contributed by atoms with Crippen molar-refractivity contribution in [3.8, 4) is 0 Å². The second kappa shape index (κ2) is 8.01. The van der Waals surface area contributed by atoms with Gasteiger partial charge in [-0.3, -0.25) is 0 Å². The van der Waals surface area contributed by atoms with Gasteiger partial charge in [0.25, 0.3) is 0 Å². The molecule has 0 amide bonds. The molecular formula is C14H27N5O. The summed E-state index contributed by atoms with van der Waals surface area (Å²) in [5.41, 5.74) is 3.64. The number of hydrogen-bond acceptors (Lipinski definition) is 6. The lowest BCUT2D eigenvalue weighted by Crippen LogP contribution is -2.32. The van der Waals surface area contributed by atoms with E-state index in [1.165, 1.54) is 6.33 Å². The lowest BCUT2D eigenvalue weighted by Gasteiger charge is -2.25. The van der Waals surface area contributed by atoms with Crippen LogP contribution >= 0.6 is 0 Å². The molecule has 1 atom stereocenters. The van der Waals surface area contributed by atoms with Gasteiger partial charge in [0.1, 0.15) is 18.0 Å². The van der Waals surface area contributed by atoms with Crippen LogP contribution in [-0.4, -0.2) is 29.2 Å². The van der Waals surface area contributed by atoms with Crippen LogP contribution in [0.2, 0.25) is 0 Å². The molecular weight excluding hydrogens is 254 g/mol. The van der Waals surface area contributed by atoms with E-state index in [1.54, 1.807) is 0 Å². The van der Waals surface area contributed by atoms with E-state index in [0.29, 0.717) is 24.9 Å². The predicted octanol–water partition coefficient (Wildman–Crippen LogP) is 2.36. The van der Waals surface area contributed by atoms with Gasteiger partial charge in [-0.05, 0) is 18.8 Å². The van der Waals surface area contributed by atoms with Crippen molar-refractivity contribution in [3.05, 3.63) is 11.9 Å². The van der Waals surface area contributed by atoms with E-state index >= 15 is 0 Å². The van der Waals surface area contributed by atoms with Crippen molar-refractivity contribution in [2.45, 2.75) is 46.6 Å². The molecule has 0 aliphatic rings. The second-order valence-electron chi connectivity index (χ2n) is 5.44. The average Bonchev–Trinajstić information content (AvgIpc) is 2.42. The number of hydrazine groups is 1. The maximum Gasteiger partial charge on any atom is 0.148 e. The van der Waals surface area contributed by atoms with Gasteiger partial charge in [-0.25, -0.2) is 15.8 Å². The number of nitrogens with one attached hydrogen (secondary N) is 2. The fourth-order valence-corrected chi connectivity index (χ4v) is 1.99. The highest BCUT2D eigenvalue weighted by molar-refractivity contribution is 5.58. The van der Waals surface area contributed by atoms with Crippen LogP contribution in [0.25, 0.3) is 0 Å². The third-order valence-corrected chi connectivity index (χ3v) is 3.23. The molecule has 114 valence electrons. The molecule has 0 radical (unpaired) electrons. The highest BCUT2D eigenvalue weighted by Crippen LogP contribution is 2.28. The topological polar surface area (TPSA) is 85.1 Å². The summed E-state index contributed by atoms with van der Waals surface area (Å²) in [6, 6.07) is 0.202. The van der Waals surface area contributed by atoms with E-state index in [2.05, 4.69) is 48.4 Å². The van der Waals surface area contributed by atoms with E-state index < -0.39 is 0 Å². The van der Waals surface area contributed by atoms with Crippen LogP contribution in [0.4, 0.5) is 11.6 Å². The highest BCUT2D eigenvalue weighted by Gasteiger charge is 2.19. The van der Waals surface area contributed by atoms with Gasteiger partial charge in [-0.2, -0.15) is 0 Å². The fraction of sp³-hybridized carbons (Fsp3) is 0.714. The molecule has 0 aliphatic heterocycles. The molecule has 1 unspecified atom stereocenters. The number of hydrogen-bond donors (Lipinski definition) is 3. The van der Waals surface area contributed by atoms with Crippen LogP contribution in [0.15, 0.2) is 6.33 Å². The van der Waals surface area contributed by atoms with E-state index in [1.807, 2.05) is 6.92 Å². The Morgan fingerprint density at radius 2 is 1.85 bits per heavy atom. The Kier molecular flexibility index (Phi) is 6.67. The first kappa shape index (κ1) is 16.7. The molecule has 1 rings (SSSR count). The zero-order valence-corrected chi connectivity index (χ0v) is 13.1. The average molecular weight is 281 g/mol. The van der Waals surface area contributed by atoms with Crippen LogP contribution in [0.1, 0.15) is 46.1 Å². The first-order valence-electron chi connectivity index (χ1n) is 7.17. The summed E-state index contributed by atoms with van der Waals surface area (Å²) >= 11 is 0. The third kappa shape index (κ3) is 4.31. The number of anilines is 2. The standard InChI is InChI=1S/C14H27N5O/c1-6-20-7-11(9(2)3)18-13-12(10(4)5)14(19-15)17-8-16-13/h8-11H,6-7,15H2,1-5H3,(H2,16,17,18,19). The second-order valence-corrected chi connectivity index (χ2v) is 5.44. The minimum atomic E-state index is 0.202. The van der Waals surface area contributed by atoms with Crippen LogP contribution in [0.3, 0.4) is 0 Å². The molecule has 0 bridgehead atoms. The summed E-state index contributed by atoms with van der Waals surface area (Å²) in [6.07, 6.45) is 1.52. The van der Waals surface area contributed by atoms with Gasteiger partial charge in [0.15, 0.2) is 0 Å². The molecule has 1 aromatic heterocycles. The molecule has 1 aromatic rings. The van der Waals surface area contributed by atoms with Crippen molar-refractivity contribution in [1.29, 1.82) is 0 Å². The van der Waals surface area contributed by atoms with Crippen molar-refractivity contribution in [3.63, 3.8) is 0 Å². The van der Waals surface area contributed by atoms with E-state index in [9.17, 15) is 0 Å². The van der Waals surface area contributed by atoms with Crippen molar-refractivity contribution < 1.29 is 4.74 Å². The highest BCUT2D eigenvalue weighted by atomic mass is 16.5. The predicted molar refractivity (Wildman–Crippen MR) is 82.7 cm³/mol. The molecule has 0 fully saturated rings. The van der Waals surface area contributed by atoms with Gasteiger partial charge in [-0.1, -0.05) is 27.7 Å². The van der Waals surface area contributed by atoms with Gasteiger partial charge >= 0.3 is 0 Å². The first-order valence-corrected chi connectivity index (χ1v) is 7.17. The summed E-state index contributed by atoms with van der Waals surface area (Å²) in [5, 5.41) is 3.47. The lowest BCUT2D eigenvalue weighted by atomic mass is 10.0. The molecule has 1 heterocycles. The van der Waals surface area contributed by atoms with Crippen LogP contribution in [-0.2, 0) is 4.74 Å². The summed E-state index contributed by atoms with van der Waals surface area (Å²) < 4.78 is 5.54. The van der Waals surface area contributed by atoms with Gasteiger partial charge in [0, 0.05) is 12.2 Å². The normalized spacial score (nSPS) is 12.8. The molecule has 6 nitrogen and oxygen atoms in total. The largest absolute Gasteiger partial charge is 0.380 e. The molecule has 0 saturated heterocycles. The zero-order valence-electron chi connectivity index (χ0n) is 13.1. The molecule has 0 spiro atoms. The molecule has 0 saturated carbocycles. The minimum Gasteiger partial charge on any atom is -0.380 e. The Balaban J connectivity index is 2.99. The Morgan fingerprint density at radius 3 is 2.35 bits per heavy atom. The number of ether oxygens (including phenoxy) is 1. The van der Waals surface area contributed by atoms with Crippen molar-refractivity contribution in [2.75, 3.05) is 24.0 Å². The summed E-state index contributed by atoms with van der Waals surface area (Å²) in [5.74, 6) is 7.72. The Hall–Kier alpha value is -1.40. The number of rotatable bonds is 8. The summed E-state index contributed by atoms with van der Waals surface area (Å²) in [7, 11) is 0. The monoisotopic (exact) mass is 281 g/mol. The van der Waals surface area contributed by atoms with Crippen LogP contribution in [0, 0.1) is 5.92 Å². The molecule has 4 N–H and O–H groups in total. The van der Waals surface area contributed by atoms with Crippen molar-refractivity contribution in [2.24, 2.45) is 11.8 Å². The van der Waals surface area contributed by atoms with Crippen molar-refractivity contribution >= 4 is 11.6 Å². The zero-order chi connectivity index (χ0) is 15.1. The number of nitrogens with two attached hydrogens (primary N) is 1. The molecule has 6 heteroatoms. The van der Waals surface area contributed by atoms with E-state index in [0.717, 1.165) is 11.4 Å². The SMILES string of the molecule is CCOCC(Nc1ncnc(NN)c1C(C)C)C(C)C. The number of aromatic nitrogens is 2. The molecule has 20 heavy (non-hydrogen) atoms. The van der Waals surface area contributed by atoms with Gasteiger partial charge < -0.3 is 15.5 Å². The summed E-state index contributed by atoms with van der Waals surface area (Å²) in [6.45, 7) is 11.9. The maximum atomic E-state index is 5.54. The number of nitrogen functional groups attached to an aromatic ring is 1. The summed E-state index contributed by atoms with van der Waals surface area (Å²) in [4.78, 5) is 8.54. The number of nitrogens with zero attached hydrogens (tertiary/aromatic N) is 2. The third-order valence-electron chi connectivity index (χ3n) is 3.23. The van der Waals surface area contributed by atoms with E-state index in [4.69, 9.17) is 10.6 Å². The van der Waals surface area contributed by atoms with Crippen LogP contribution < -0.4 is 16.6 Å². The van der Waals surface area contributed by atoms with Crippen molar-refractivity contribution in [1.82, 2.24) is 9.97 Å². The van der Waals surface area contributed by atoms with E-state index in [-0.39, 0.29) is 12.0 Å². The molecule has 0 aromatic carbocycles. The smallest absolute Gasteiger partial charge is 0.148 e. The first-order chi connectivity index (χ1) is 9.51. The Bertz CT molecular complexity index is 409. The maximum absolute atomic E-state index is 5.54. The van der Waals surface area contributed by atoms with Gasteiger partial charge in [0.2, 0.25) is 0 Å². The Labute approximate surface area is 121 Å². The Morgan fingerprint density at radius 1 is 1.20 bits per heavy atom. The quantitative estimate of drug-likeness (QED) is 0.501. The minimum absolute atomic E-state index is 0.202. The lowest BCUT2D eigenvalue weighted by molar-refractivity contribution is 0.126. The van der Waals surface area contributed by atoms with Crippen LogP contribution in [0.5, 0.6) is 0 Å².